The van der Waals surface area contributed by atoms with Crippen molar-refractivity contribution in [3.63, 3.8) is 0 Å². The van der Waals surface area contributed by atoms with Gasteiger partial charge in [0.1, 0.15) is 0 Å². The summed E-state index contributed by atoms with van der Waals surface area (Å²) in [6.45, 7) is 2.50. The first-order valence-corrected chi connectivity index (χ1v) is 8.78. The molecule has 122 valence electrons. The number of aliphatic hydroxyl groups is 1. The van der Waals surface area contributed by atoms with Crippen LogP contribution in [0.2, 0.25) is 0 Å². The van der Waals surface area contributed by atoms with Gasteiger partial charge >= 0.3 is 0 Å². The maximum absolute atomic E-state index is 9.59. The minimum atomic E-state index is 0.295. The molecule has 0 bridgehead atoms. The molecule has 2 heteroatoms. The fourth-order valence-corrected chi connectivity index (χ4v) is 3.77. The van der Waals surface area contributed by atoms with E-state index in [1.54, 1.807) is 0 Å². The lowest BCUT2D eigenvalue weighted by molar-refractivity contribution is 0.141. The van der Waals surface area contributed by atoms with Crippen molar-refractivity contribution in [3.05, 3.63) is 71.8 Å². The van der Waals surface area contributed by atoms with Crippen LogP contribution in [0, 0.1) is 5.92 Å². The summed E-state index contributed by atoms with van der Waals surface area (Å²) < 4.78 is 0. The fourth-order valence-electron chi connectivity index (χ4n) is 3.77. The number of nitrogens with zero attached hydrogens (tertiary/aromatic N) is 1. The normalized spacial score (nSPS) is 18.6. The minimum Gasteiger partial charge on any atom is -0.395 e. The molecule has 1 N–H and O–H groups in total. The van der Waals surface area contributed by atoms with Crippen molar-refractivity contribution in [2.45, 2.75) is 31.7 Å². The van der Waals surface area contributed by atoms with Crippen molar-refractivity contribution >= 4 is 0 Å². The molecule has 1 atom stereocenters. The smallest absolute Gasteiger partial charge is 0.0586 e. The number of rotatable bonds is 7. The second-order valence-electron chi connectivity index (χ2n) is 6.72. The molecule has 0 spiro atoms. The van der Waals surface area contributed by atoms with Gasteiger partial charge in [-0.3, -0.25) is 4.90 Å². The predicted octanol–water partition coefficient (Wildman–Crippen LogP) is 3.54. The molecule has 0 aromatic heterocycles. The topological polar surface area (TPSA) is 23.5 Å². The van der Waals surface area contributed by atoms with Crippen molar-refractivity contribution in [3.8, 4) is 0 Å². The molecule has 3 rings (SSSR count). The minimum absolute atomic E-state index is 0.295. The average molecular weight is 309 g/mol. The zero-order chi connectivity index (χ0) is 15.9. The summed E-state index contributed by atoms with van der Waals surface area (Å²) in [5.41, 5.74) is 2.82. The van der Waals surface area contributed by atoms with Gasteiger partial charge in [0.05, 0.1) is 6.61 Å². The van der Waals surface area contributed by atoms with Crippen molar-refractivity contribution in [1.29, 1.82) is 0 Å². The van der Waals surface area contributed by atoms with Gasteiger partial charge in [0.25, 0.3) is 0 Å². The molecule has 1 fully saturated rings. The second-order valence-corrected chi connectivity index (χ2v) is 6.72. The third-order valence-corrected chi connectivity index (χ3v) is 4.94. The highest BCUT2D eigenvalue weighted by Gasteiger charge is 2.26. The van der Waals surface area contributed by atoms with Crippen molar-refractivity contribution < 1.29 is 5.11 Å². The second kappa shape index (κ2) is 8.28. The Bertz CT molecular complexity index is 527. The molecule has 0 radical (unpaired) electrons. The van der Waals surface area contributed by atoms with Gasteiger partial charge in [-0.2, -0.15) is 0 Å². The lowest BCUT2D eigenvalue weighted by Crippen LogP contribution is -2.37. The van der Waals surface area contributed by atoms with Gasteiger partial charge in [-0.1, -0.05) is 60.7 Å². The molecule has 2 aromatic rings. The van der Waals surface area contributed by atoms with Crippen molar-refractivity contribution in [1.82, 2.24) is 4.90 Å². The molecular weight excluding hydrogens is 282 g/mol. The summed E-state index contributed by atoms with van der Waals surface area (Å²) >= 11 is 0. The van der Waals surface area contributed by atoms with Gasteiger partial charge in [0.15, 0.2) is 0 Å². The molecule has 0 aliphatic carbocycles. The molecule has 0 amide bonds. The van der Waals surface area contributed by atoms with Crippen LogP contribution in [0.4, 0.5) is 0 Å². The zero-order valence-electron chi connectivity index (χ0n) is 13.8. The zero-order valence-corrected chi connectivity index (χ0v) is 13.8. The maximum atomic E-state index is 9.59. The van der Waals surface area contributed by atoms with E-state index in [1.165, 1.54) is 17.5 Å². The lowest BCUT2D eigenvalue weighted by atomic mass is 9.92. The van der Waals surface area contributed by atoms with E-state index in [-0.39, 0.29) is 0 Å². The van der Waals surface area contributed by atoms with Crippen LogP contribution in [-0.2, 0) is 12.8 Å². The molecule has 1 saturated heterocycles. The summed E-state index contributed by atoms with van der Waals surface area (Å²) in [5.74, 6) is 0.590. The monoisotopic (exact) mass is 309 g/mol. The third kappa shape index (κ3) is 4.66. The largest absolute Gasteiger partial charge is 0.395 e. The Balaban J connectivity index is 1.70. The van der Waals surface area contributed by atoms with Gasteiger partial charge in [-0.05, 0) is 49.3 Å². The van der Waals surface area contributed by atoms with E-state index in [2.05, 4.69) is 65.6 Å². The van der Waals surface area contributed by atoms with Crippen LogP contribution in [0.5, 0.6) is 0 Å². The van der Waals surface area contributed by atoms with E-state index in [1.807, 2.05) is 0 Å². The highest BCUT2D eigenvalue weighted by molar-refractivity contribution is 5.18. The standard InChI is InChI=1S/C21H27NO/c23-17-21-12-7-13-22(21)16-20(14-18-8-3-1-4-9-18)15-19-10-5-2-6-11-19/h1-6,8-11,20-21,23H,7,12-17H2. The van der Waals surface area contributed by atoms with E-state index in [0.717, 1.165) is 32.4 Å². The number of aliphatic hydroxyl groups excluding tert-OH is 1. The van der Waals surface area contributed by atoms with Crippen molar-refractivity contribution in [2.75, 3.05) is 19.7 Å². The van der Waals surface area contributed by atoms with E-state index < -0.39 is 0 Å². The lowest BCUT2D eigenvalue weighted by Gasteiger charge is -2.28. The molecular formula is C21H27NO. The first-order valence-electron chi connectivity index (χ1n) is 8.78. The van der Waals surface area contributed by atoms with Gasteiger partial charge in [0.2, 0.25) is 0 Å². The highest BCUT2D eigenvalue weighted by atomic mass is 16.3. The van der Waals surface area contributed by atoms with Crippen molar-refractivity contribution in [2.24, 2.45) is 5.92 Å². The Labute approximate surface area is 139 Å². The first-order chi connectivity index (χ1) is 11.3. The van der Waals surface area contributed by atoms with Gasteiger partial charge in [-0.25, -0.2) is 0 Å². The molecule has 2 nitrogen and oxygen atoms in total. The molecule has 1 unspecified atom stereocenters. The molecule has 1 heterocycles. The predicted molar refractivity (Wildman–Crippen MR) is 95.5 cm³/mol. The highest BCUT2D eigenvalue weighted by Crippen LogP contribution is 2.22. The van der Waals surface area contributed by atoms with E-state index in [9.17, 15) is 5.11 Å². The Morgan fingerprint density at radius 2 is 1.48 bits per heavy atom. The Morgan fingerprint density at radius 3 is 2.00 bits per heavy atom. The van der Waals surface area contributed by atoms with E-state index >= 15 is 0 Å². The van der Waals surface area contributed by atoms with Crippen LogP contribution in [0.15, 0.2) is 60.7 Å². The number of hydrogen-bond acceptors (Lipinski definition) is 2. The van der Waals surface area contributed by atoms with Crippen LogP contribution >= 0.6 is 0 Å². The quantitative estimate of drug-likeness (QED) is 0.845. The van der Waals surface area contributed by atoms with Crippen LogP contribution in [-0.4, -0.2) is 35.7 Å². The average Bonchev–Trinajstić information content (AvgIpc) is 3.04. The van der Waals surface area contributed by atoms with E-state index in [0.29, 0.717) is 18.6 Å². The summed E-state index contributed by atoms with van der Waals surface area (Å²) in [6, 6.07) is 21.9. The van der Waals surface area contributed by atoms with Gasteiger partial charge in [-0.15, -0.1) is 0 Å². The summed E-state index contributed by atoms with van der Waals surface area (Å²) in [4.78, 5) is 2.50. The van der Waals surface area contributed by atoms with Crippen LogP contribution in [0.25, 0.3) is 0 Å². The fraction of sp³-hybridized carbons (Fsp3) is 0.429. The number of likely N-dealkylation sites (tertiary alicyclic amines) is 1. The summed E-state index contributed by atoms with van der Waals surface area (Å²) in [6.07, 6.45) is 4.56. The maximum Gasteiger partial charge on any atom is 0.0586 e. The SMILES string of the molecule is OCC1CCCN1CC(Cc1ccccc1)Cc1ccccc1. The Hall–Kier alpha value is -1.64. The Kier molecular flexibility index (Phi) is 5.84. The molecule has 1 aliphatic heterocycles. The summed E-state index contributed by atoms with van der Waals surface area (Å²) in [5, 5.41) is 9.59. The molecule has 2 aromatic carbocycles. The Morgan fingerprint density at radius 1 is 0.913 bits per heavy atom. The van der Waals surface area contributed by atoms with Gasteiger partial charge in [0, 0.05) is 12.6 Å². The third-order valence-electron chi connectivity index (χ3n) is 4.94. The van der Waals surface area contributed by atoms with Crippen LogP contribution < -0.4 is 0 Å². The number of benzene rings is 2. The molecule has 23 heavy (non-hydrogen) atoms. The summed E-state index contributed by atoms with van der Waals surface area (Å²) in [7, 11) is 0. The van der Waals surface area contributed by atoms with Gasteiger partial charge < -0.3 is 5.11 Å². The van der Waals surface area contributed by atoms with Crippen LogP contribution in [0.1, 0.15) is 24.0 Å². The first kappa shape index (κ1) is 16.2. The van der Waals surface area contributed by atoms with E-state index in [4.69, 9.17) is 0 Å². The molecule has 1 aliphatic rings. The molecule has 0 saturated carbocycles. The van der Waals surface area contributed by atoms with Crippen LogP contribution in [0.3, 0.4) is 0 Å². The number of hydrogen-bond donors (Lipinski definition) is 1.